The van der Waals surface area contributed by atoms with Crippen molar-refractivity contribution in [3.63, 3.8) is 0 Å². The van der Waals surface area contributed by atoms with Gasteiger partial charge in [0.15, 0.2) is 16.3 Å². The summed E-state index contributed by atoms with van der Waals surface area (Å²) in [7, 11) is 3.93. The molecule has 2 aromatic carbocycles. The van der Waals surface area contributed by atoms with Crippen LogP contribution in [0.25, 0.3) is 6.08 Å². The number of ether oxygens (including phenoxy) is 3. The molecule has 0 spiro atoms. The lowest BCUT2D eigenvalue weighted by molar-refractivity contribution is -0.139. The van der Waals surface area contributed by atoms with Crippen molar-refractivity contribution in [1.82, 2.24) is 4.57 Å². The second kappa shape index (κ2) is 9.31. The van der Waals surface area contributed by atoms with E-state index < -0.39 is 12.0 Å². The second-order valence-corrected chi connectivity index (χ2v) is 9.86. The summed E-state index contributed by atoms with van der Waals surface area (Å²) in [4.78, 5) is 34.0. The number of anilines is 1. The molecule has 2 aliphatic rings. The van der Waals surface area contributed by atoms with Crippen molar-refractivity contribution in [2.75, 3.05) is 32.4 Å². The summed E-state index contributed by atoms with van der Waals surface area (Å²) in [5, 5.41) is 0. The minimum absolute atomic E-state index is 0.183. The molecule has 0 N–H and O–H groups in total. The van der Waals surface area contributed by atoms with Gasteiger partial charge in [-0.15, -0.1) is 0 Å². The van der Waals surface area contributed by atoms with Gasteiger partial charge in [-0.2, -0.15) is 0 Å². The van der Waals surface area contributed by atoms with Crippen molar-refractivity contribution in [1.29, 1.82) is 0 Å². The minimum atomic E-state index is -0.642. The molecular weight excluding hydrogens is 478 g/mol. The van der Waals surface area contributed by atoms with E-state index in [-0.39, 0.29) is 19.0 Å². The molecule has 2 aliphatic heterocycles. The first-order chi connectivity index (χ1) is 17.3. The maximum atomic E-state index is 13.8. The first-order valence-corrected chi connectivity index (χ1v) is 12.5. The third-order valence-corrected chi connectivity index (χ3v) is 7.27. The zero-order chi connectivity index (χ0) is 25.6. The smallest absolute Gasteiger partial charge is 0.338 e. The first-order valence-electron chi connectivity index (χ1n) is 11.7. The monoisotopic (exact) mass is 505 g/mol. The molecule has 36 heavy (non-hydrogen) atoms. The fraction of sp³-hybridized carbons (Fsp3) is 0.296. The highest BCUT2D eigenvalue weighted by Crippen LogP contribution is 2.35. The minimum Gasteiger partial charge on any atom is -0.463 e. The number of hydrogen-bond donors (Lipinski definition) is 0. The summed E-state index contributed by atoms with van der Waals surface area (Å²) in [6.45, 7) is 5.92. The highest BCUT2D eigenvalue weighted by atomic mass is 32.1. The lowest BCUT2D eigenvalue weighted by atomic mass is 9.95. The number of carbonyl (C=O) groups is 1. The number of allylic oxidation sites excluding steroid dienone is 1. The van der Waals surface area contributed by atoms with E-state index in [9.17, 15) is 9.59 Å². The molecular formula is C27H27N3O5S. The van der Waals surface area contributed by atoms with Crippen molar-refractivity contribution >= 4 is 29.1 Å². The van der Waals surface area contributed by atoms with Gasteiger partial charge in [-0.1, -0.05) is 23.5 Å². The molecule has 5 rings (SSSR count). The fourth-order valence-corrected chi connectivity index (χ4v) is 5.46. The zero-order valence-corrected chi connectivity index (χ0v) is 21.6. The number of aryl methyl sites for hydroxylation is 1. The van der Waals surface area contributed by atoms with Crippen molar-refractivity contribution in [2.45, 2.75) is 26.8 Å². The lowest BCUT2D eigenvalue weighted by Gasteiger charge is -2.25. The molecule has 0 radical (unpaired) electrons. The molecule has 0 saturated heterocycles. The molecule has 9 heteroatoms. The van der Waals surface area contributed by atoms with Gasteiger partial charge in [0, 0.05) is 19.8 Å². The molecule has 186 valence electrons. The molecule has 0 amide bonds. The normalized spacial score (nSPS) is 16.6. The van der Waals surface area contributed by atoms with Gasteiger partial charge in [0.25, 0.3) is 5.56 Å². The van der Waals surface area contributed by atoms with Crippen molar-refractivity contribution in [3.05, 3.63) is 84.0 Å². The summed E-state index contributed by atoms with van der Waals surface area (Å²) in [5.41, 5.74) is 4.34. The fourth-order valence-electron chi connectivity index (χ4n) is 4.42. The topological polar surface area (TPSA) is 82.4 Å². The van der Waals surface area contributed by atoms with Gasteiger partial charge in [-0.25, -0.2) is 9.79 Å². The molecule has 0 saturated carbocycles. The van der Waals surface area contributed by atoms with Gasteiger partial charge >= 0.3 is 5.97 Å². The third kappa shape index (κ3) is 4.09. The number of thiazole rings is 1. The third-order valence-electron chi connectivity index (χ3n) is 6.29. The Morgan fingerprint density at radius 1 is 1.19 bits per heavy atom. The van der Waals surface area contributed by atoms with Crippen LogP contribution < -0.4 is 29.3 Å². The predicted octanol–water partition coefficient (Wildman–Crippen LogP) is 2.90. The molecule has 0 aliphatic carbocycles. The molecule has 3 aromatic rings. The summed E-state index contributed by atoms with van der Waals surface area (Å²) in [6.07, 6.45) is 1.84. The van der Waals surface area contributed by atoms with Crippen molar-refractivity contribution in [3.8, 4) is 11.5 Å². The van der Waals surface area contributed by atoms with Crippen LogP contribution >= 0.6 is 11.3 Å². The SMILES string of the molecule is CCOC(=O)C1=C(C)N=c2sc(=Cc3cc4c(cc3C)OCO4)c(=O)n2C1c1ccc(N(C)C)cc1. The lowest BCUT2D eigenvalue weighted by Crippen LogP contribution is -2.40. The van der Waals surface area contributed by atoms with E-state index in [0.717, 1.165) is 22.4 Å². The van der Waals surface area contributed by atoms with Crippen LogP contribution in [0.3, 0.4) is 0 Å². The number of rotatable bonds is 5. The summed E-state index contributed by atoms with van der Waals surface area (Å²) >= 11 is 1.30. The highest BCUT2D eigenvalue weighted by molar-refractivity contribution is 7.07. The van der Waals surface area contributed by atoms with E-state index in [1.54, 1.807) is 18.4 Å². The molecule has 0 fully saturated rings. The van der Waals surface area contributed by atoms with E-state index in [0.29, 0.717) is 32.1 Å². The predicted molar refractivity (Wildman–Crippen MR) is 138 cm³/mol. The molecule has 1 atom stereocenters. The van der Waals surface area contributed by atoms with Gasteiger partial charge in [-0.3, -0.25) is 9.36 Å². The standard InChI is InChI=1S/C27H27N3O5S/c1-6-33-26(32)23-16(3)28-27-30(24(23)17-7-9-19(10-8-17)29(4)5)25(31)22(36-27)13-18-12-21-20(11-15(18)2)34-14-35-21/h7-13,24H,6,14H2,1-5H3. The molecule has 0 bridgehead atoms. The summed E-state index contributed by atoms with van der Waals surface area (Å²) in [6, 6.07) is 11.0. The maximum absolute atomic E-state index is 13.8. The maximum Gasteiger partial charge on any atom is 0.338 e. The van der Waals surface area contributed by atoms with Gasteiger partial charge < -0.3 is 19.1 Å². The van der Waals surface area contributed by atoms with Gasteiger partial charge in [-0.05, 0) is 67.8 Å². The highest BCUT2D eigenvalue weighted by Gasteiger charge is 2.33. The van der Waals surface area contributed by atoms with Crippen LogP contribution in [-0.2, 0) is 9.53 Å². The number of hydrogen-bond acceptors (Lipinski definition) is 8. The van der Waals surface area contributed by atoms with Crippen LogP contribution in [0.2, 0.25) is 0 Å². The van der Waals surface area contributed by atoms with Crippen LogP contribution in [0.15, 0.2) is 57.5 Å². The van der Waals surface area contributed by atoms with Crippen LogP contribution in [-0.4, -0.2) is 38.0 Å². The molecule has 3 heterocycles. The molecule has 1 aromatic heterocycles. The van der Waals surface area contributed by atoms with Crippen LogP contribution in [0.1, 0.15) is 36.6 Å². The Bertz CT molecular complexity index is 1560. The van der Waals surface area contributed by atoms with Crippen LogP contribution in [0.4, 0.5) is 5.69 Å². The van der Waals surface area contributed by atoms with E-state index >= 15 is 0 Å². The first kappa shape index (κ1) is 23.9. The van der Waals surface area contributed by atoms with Crippen LogP contribution in [0.5, 0.6) is 11.5 Å². The van der Waals surface area contributed by atoms with E-state index in [1.807, 2.05) is 68.4 Å². The Kier molecular flexibility index (Phi) is 6.17. The summed E-state index contributed by atoms with van der Waals surface area (Å²) < 4.78 is 18.5. The summed E-state index contributed by atoms with van der Waals surface area (Å²) in [5.74, 6) is 0.877. The second-order valence-electron chi connectivity index (χ2n) is 8.85. The average Bonchev–Trinajstić information content (AvgIpc) is 3.42. The van der Waals surface area contributed by atoms with E-state index in [2.05, 4.69) is 4.99 Å². The number of esters is 1. The largest absolute Gasteiger partial charge is 0.463 e. The Morgan fingerprint density at radius 3 is 2.56 bits per heavy atom. The zero-order valence-electron chi connectivity index (χ0n) is 20.8. The Balaban J connectivity index is 1.69. The van der Waals surface area contributed by atoms with Crippen molar-refractivity contribution < 1.29 is 19.0 Å². The number of carbonyl (C=O) groups excluding carboxylic acids is 1. The Hall–Kier alpha value is -3.85. The van der Waals surface area contributed by atoms with E-state index in [1.165, 1.54) is 11.3 Å². The van der Waals surface area contributed by atoms with Gasteiger partial charge in [0.05, 0.1) is 28.5 Å². The van der Waals surface area contributed by atoms with E-state index in [4.69, 9.17) is 14.2 Å². The van der Waals surface area contributed by atoms with Crippen LogP contribution in [0, 0.1) is 6.92 Å². The number of benzene rings is 2. The Labute approximate surface area is 212 Å². The Morgan fingerprint density at radius 2 is 1.89 bits per heavy atom. The molecule has 1 unspecified atom stereocenters. The molecule has 8 nitrogen and oxygen atoms in total. The van der Waals surface area contributed by atoms with Crippen molar-refractivity contribution in [2.24, 2.45) is 4.99 Å². The van der Waals surface area contributed by atoms with Gasteiger partial charge in [0.1, 0.15) is 0 Å². The quantitative estimate of drug-likeness (QED) is 0.496. The van der Waals surface area contributed by atoms with Gasteiger partial charge in [0.2, 0.25) is 6.79 Å². The number of nitrogens with zero attached hydrogens (tertiary/aromatic N) is 3. The average molecular weight is 506 g/mol. The number of fused-ring (bicyclic) bond motifs is 2. The number of aromatic nitrogens is 1.